The van der Waals surface area contributed by atoms with Crippen LogP contribution in [0.1, 0.15) is 22.3 Å². The number of urea groups is 1. The molecule has 0 aliphatic heterocycles. The van der Waals surface area contributed by atoms with E-state index in [2.05, 4.69) is 30.9 Å². The number of hydrogen-bond acceptors (Lipinski definition) is 7. The number of rotatable bonds is 9. The van der Waals surface area contributed by atoms with Crippen LogP contribution in [0.4, 0.5) is 18.6 Å². The van der Waals surface area contributed by atoms with Crippen molar-refractivity contribution in [3.05, 3.63) is 39.4 Å². The number of amides is 4. The van der Waals surface area contributed by atoms with Crippen LogP contribution in [0.15, 0.2) is 16.6 Å². The lowest BCUT2D eigenvalue weighted by atomic mass is 10.2. The van der Waals surface area contributed by atoms with Gasteiger partial charge in [-0.2, -0.15) is 4.37 Å². The summed E-state index contributed by atoms with van der Waals surface area (Å²) in [6, 6.07) is 1.30. The third-order valence-corrected chi connectivity index (χ3v) is 5.20. The van der Waals surface area contributed by atoms with Gasteiger partial charge in [-0.05, 0) is 23.7 Å². The highest BCUT2D eigenvalue weighted by atomic mass is 79.9. The summed E-state index contributed by atoms with van der Waals surface area (Å²) in [4.78, 5) is 36.8. The molecule has 10 nitrogen and oxygen atoms in total. The van der Waals surface area contributed by atoms with Gasteiger partial charge in [0.2, 0.25) is 11.8 Å². The average molecular weight is 536 g/mol. The number of anilines is 1. The Hall–Kier alpha value is -2.84. The van der Waals surface area contributed by atoms with E-state index in [1.165, 1.54) is 19.0 Å². The Kier molecular flexibility index (Phi) is 8.86. The number of primary amides is 1. The number of ether oxygens (including phenoxy) is 1. The molecular formula is C18H20BrF2N5O5S. The molecule has 0 fully saturated rings. The predicted molar refractivity (Wildman–Crippen MR) is 115 cm³/mol. The molecule has 1 atom stereocenters. The van der Waals surface area contributed by atoms with Crippen molar-refractivity contribution in [2.75, 3.05) is 26.0 Å². The van der Waals surface area contributed by atoms with Crippen LogP contribution in [-0.2, 0) is 11.4 Å². The predicted octanol–water partition coefficient (Wildman–Crippen LogP) is 1.82. The van der Waals surface area contributed by atoms with Crippen LogP contribution in [-0.4, -0.2) is 59.0 Å². The molecule has 4 amide bonds. The lowest BCUT2D eigenvalue weighted by Crippen LogP contribution is -2.37. The molecule has 1 aromatic heterocycles. The molecule has 1 unspecified atom stereocenters. The summed E-state index contributed by atoms with van der Waals surface area (Å²) in [5.41, 5.74) is 4.66. The number of aliphatic hydroxyl groups excluding tert-OH is 1. The molecule has 2 rings (SSSR count). The first kappa shape index (κ1) is 25.4. The Morgan fingerprint density at radius 3 is 2.50 bits per heavy atom. The fourth-order valence-corrected chi connectivity index (χ4v) is 3.48. The molecule has 1 heterocycles. The van der Waals surface area contributed by atoms with Gasteiger partial charge in [0.05, 0.1) is 18.1 Å². The first-order valence-electron chi connectivity index (χ1n) is 8.98. The first-order valence-corrected chi connectivity index (χ1v) is 10.5. The van der Waals surface area contributed by atoms with E-state index in [9.17, 15) is 28.3 Å². The third-order valence-electron chi connectivity index (χ3n) is 4.00. The minimum atomic E-state index is -1.12. The molecule has 0 saturated carbocycles. The van der Waals surface area contributed by atoms with Crippen LogP contribution in [0.5, 0.6) is 5.88 Å². The van der Waals surface area contributed by atoms with Gasteiger partial charge in [-0.25, -0.2) is 13.6 Å². The third kappa shape index (κ3) is 6.83. The van der Waals surface area contributed by atoms with Crippen LogP contribution in [0.25, 0.3) is 0 Å². The molecule has 0 radical (unpaired) electrons. The van der Waals surface area contributed by atoms with Crippen molar-refractivity contribution in [3.63, 3.8) is 0 Å². The fraction of sp³-hybridized carbons (Fsp3) is 0.333. The monoisotopic (exact) mass is 535 g/mol. The minimum absolute atomic E-state index is 0.0689. The van der Waals surface area contributed by atoms with Gasteiger partial charge in [-0.3, -0.25) is 14.9 Å². The lowest BCUT2D eigenvalue weighted by Gasteiger charge is -2.15. The van der Waals surface area contributed by atoms with Crippen molar-refractivity contribution in [3.8, 4) is 5.88 Å². The van der Waals surface area contributed by atoms with Crippen molar-refractivity contribution < 1.29 is 33.0 Å². The second-order valence-corrected chi connectivity index (χ2v) is 8.36. The molecule has 0 saturated heterocycles. The molecule has 0 spiro atoms. The van der Waals surface area contributed by atoms with Gasteiger partial charge in [-0.1, -0.05) is 15.9 Å². The van der Waals surface area contributed by atoms with Gasteiger partial charge in [0.25, 0.3) is 5.91 Å². The largest absolute Gasteiger partial charge is 0.471 e. The Balaban J connectivity index is 2.03. The number of carbonyl (C=O) groups excluding carboxylic acids is 3. The summed E-state index contributed by atoms with van der Waals surface area (Å²) in [5, 5.41) is 14.4. The maximum Gasteiger partial charge on any atom is 0.320 e. The lowest BCUT2D eigenvalue weighted by molar-refractivity contribution is -0.130. The number of nitrogens with two attached hydrogens (primary N) is 1. The summed E-state index contributed by atoms with van der Waals surface area (Å²) in [6.45, 7) is -0.811. The number of aliphatic hydroxyl groups is 1. The van der Waals surface area contributed by atoms with Gasteiger partial charge in [0.1, 0.15) is 28.8 Å². The zero-order valence-corrected chi connectivity index (χ0v) is 19.3. The Morgan fingerprint density at radius 1 is 1.31 bits per heavy atom. The summed E-state index contributed by atoms with van der Waals surface area (Å²) >= 11 is 3.63. The van der Waals surface area contributed by atoms with E-state index in [0.29, 0.717) is 11.5 Å². The van der Waals surface area contributed by atoms with E-state index in [1.54, 1.807) is 0 Å². The molecule has 174 valence electrons. The summed E-state index contributed by atoms with van der Waals surface area (Å²) in [7, 11) is 3.06. The van der Waals surface area contributed by atoms with Crippen molar-refractivity contribution >= 4 is 50.3 Å². The SMILES string of the molecule is CN(C)C(=O)CC(O)CNC(=O)Nc1snc(OCc2c(F)cc(Br)cc2F)c1C(N)=O. The quantitative estimate of drug-likeness (QED) is 0.385. The highest BCUT2D eigenvalue weighted by molar-refractivity contribution is 9.10. The summed E-state index contributed by atoms with van der Waals surface area (Å²) < 4.78 is 37.2. The fourth-order valence-electron chi connectivity index (χ4n) is 2.34. The smallest absolute Gasteiger partial charge is 0.320 e. The highest BCUT2D eigenvalue weighted by Crippen LogP contribution is 2.31. The number of nitrogens with zero attached hydrogens (tertiary/aromatic N) is 2. The van der Waals surface area contributed by atoms with Crippen molar-refractivity contribution in [1.29, 1.82) is 0 Å². The molecule has 32 heavy (non-hydrogen) atoms. The van der Waals surface area contributed by atoms with E-state index in [1.807, 2.05) is 0 Å². The average Bonchev–Trinajstić information content (AvgIpc) is 3.08. The standard InChI is InChI=1S/C18H20BrF2N5O5S/c1-26(2)13(28)5-9(27)6-23-18(30)24-17-14(15(22)29)16(25-32-17)31-7-10-11(20)3-8(19)4-12(10)21/h3-4,9,27H,5-7H2,1-2H3,(H2,22,29)(H2,23,24,30). The number of carbonyl (C=O) groups is 3. The molecule has 5 N–H and O–H groups in total. The number of halogens is 3. The van der Waals surface area contributed by atoms with E-state index in [0.717, 1.165) is 12.1 Å². The minimum Gasteiger partial charge on any atom is -0.471 e. The molecule has 0 bridgehead atoms. The Bertz CT molecular complexity index is 997. The van der Waals surface area contributed by atoms with Crippen molar-refractivity contribution in [1.82, 2.24) is 14.6 Å². The maximum atomic E-state index is 14.0. The van der Waals surface area contributed by atoms with E-state index in [-0.39, 0.29) is 45.4 Å². The van der Waals surface area contributed by atoms with Crippen LogP contribution < -0.4 is 21.1 Å². The molecule has 1 aromatic carbocycles. The van der Waals surface area contributed by atoms with Crippen LogP contribution in [0, 0.1) is 11.6 Å². The molecule has 2 aromatic rings. The second-order valence-electron chi connectivity index (χ2n) is 6.67. The topological polar surface area (TPSA) is 147 Å². The molecular weight excluding hydrogens is 516 g/mol. The second kappa shape index (κ2) is 11.2. The zero-order valence-electron chi connectivity index (χ0n) is 16.9. The number of hydrogen-bond donors (Lipinski definition) is 4. The van der Waals surface area contributed by atoms with E-state index < -0.39 is 36.3 Å². The van der Waals surface area contributed by atoms with Gasteiger partial charge in [0.15, 0.2) is 0 Å². The first-order chi connectivity index (χ1) is 15.0. The summed E-state index contributed by atoms with van der Waals surface area (Å²) in [6.07, 6.45) is -1.32. The summed E-state index contributed by atoms with van der Waals surface area (Å²) in [5.74, 6) is -3.35. The van der Waals surface area contributed by atoms with Crippen LogP contribution in [0.3, 0.4) is 0 Å². The van der Waals surface area contributed by atoms with Gasteiger partial charge >= 0.3 is 6.03 Å². The molecule has 0 aliphatic rings. The number of nitrogens with one attached hydrogen (secondary N) is 2. The normalized spacial score (nSPS) is 11.6. The zero-order chi connectivity index (χ0) is 24.0. The van der Waals surface area contributed by atoms with Crippen molar-refractivity contribution in [2.45, 2.75) is 19.1 Å². The van der Waals surface area contributed by atoms with E-state index >= 15 is 0 Å². The molecule has 14 heteroatoms. The molecule has 0 aliphatic carbocycles. The highest BCUT2D eigenvalue weighted by Gasteiger charge is 2.23. The van der Waals surface area contributed by atoms with Crippen LogP contribution >= 0.6 is 27.5 Å². The van der Waals surface area contributed by atoms with Crippen molar-refractivity contribution in [2.24, 2.45) is 5.73 Å². The van der Waals surface area contributed by atoms with E-state index in [4.69, 9.17) is 10.5 Å². The van der Waals surface area contributed by atoms with Gasteiger partial charge in [0, 0.05) is 25.1 Å². The number of aromatic nitrogens is 1. The Morgan fingerprint density at radius 2 is 1.94 bits per heavy atom. The van der Waals surface area contributed by atoms with Crippen LogP contribution in [0.2, 0.25) is 0 Å². The maximum absolute atomic E-state index is 14.0. The van der Waals surface area contributed by atoms with Gasteiger partial charge in [-0.15, -0.1) is 0 Å². The Labute approximate surface area is 194 Å². The number of benzene rings is 1. The van der Waals surface area contributed by atoms with Gasteiger partial charge < -0.3 is 25.8 Å².